The zero-order valence-electron chi connectivity index (χ0n) is 11.5. The summed E-state index contributed by atoms with van der Waals surface area (Å²) >= 11 is 0. The summed E-state index contributed by atoms with van der Waals surface area (Å²) in [4.78, 5) is 0. The molecule has 23 heavy (non-hydrogen) atoms. The van der Waals surface area contributed by atoms with E-state index in [1.807, 2.05) is 6.07 Å². The molecule has 0 fully saturated rings. The molecule has 0 unspecified atom stereocenters. The third kappa shape index (κ3) is 4.03. The average Bonchev–Trinajstić information content (AvgIpc) is 2.46. The second-order valence-corrected chi connectivity index (χ2v) is 4.83. The first-order chi connectivity index (χ1) is 10.6. The number of hydrogen-bond acceptors (Lipinski definition) is 1. The van der Waals surface area contributed by atoms with Gasteiger partial charge >= 0.3 is 12.4 Å². The van der Waals surface area contributed by atoms with Crippen molar-refractivity contribution in [3.8, 4) is 17.2 Å². The Kier molecular flexibility index (Phi) is 4.37. The van der Waals surface area contributed by atoms with Crippen LogP contribution in [0.2, 0.25) is 0 Å². The van der Waals surface area contributed by atoms with Crippen LogP contribution >= 0.6 is 0 Å². The molecule has 0 atom stereocenters. The van der Waals surface area contributed by atoms with E-state index in [0.717, 1.165) is 0 Å². The van der Waals surface area contributed by atoms with Gasteiger partial charge in [-0.3, -0.25) is 0 Å². The Bertz CT molecular complexity index is 703. The molecule has 0 aliphatic heterocycles. The van der Waals surface area contributed by atoms with Crippen molar-refractivity contribution in [1.82, 2.24) is 0 Å². The van der Waals surface area contributed by atoms with Gasteiger partial charge in [0.2, 0.25) is 0 Å². The van der Waals surface area contributed by atoms with Crippen LogP contribution in [0.5, 0.6) is 0 Å². The quantitative estimate of drug-likeness (QED) is 0.671. The summed E-state index contributed by atoms with van der Waals surface area (Å²) in [6.45, 7) is 0. The molecule has 0 N–H and O–H groups in total. The topological polar surface area (TPSA) is 23.8 Å². The Balaban J connectivity index is 2.55. The normalized spacial score (nSPS) is 12.0. The summed E-state index contributed by atoms with van der Waals surface area (Å²) in [5, 5.41) is 8.56. The van der Waals surface area contributed by atoms with Gasteiger partial charge in [-0.2, -0.15) is 31.6 Å². The Morgan fingerprint density at radius 2 is 1.22 bits per heavy atom. The third-order valence-corrected chi connectivity index (χ3v) is 3.16. The lowest BCUT2D eigenvalue weighted by molar-refractivity contribution is -0.143. The lowest BCUT2D eigenvalue weighted by Crippen LogP contribution is -2.11. The molecular weight excluding hydrogens is 320 g/mol. The van der Waals surface area contributed by atoms with Crippen LogP contribution in [-0.4, -0.2) is 0 Å². The number of benzene rings is 2. The van der Waals surface area contributed by atoms with Gasteiger partial charge in [0.15, 0.2) is 0 Å². The number of nitriles is 1. The fraction of sp³-hybridized carbons (Fsp3) is 0.188. The maximum atomic E-state index is 12.8. The van der Waals surface area contributed by atoms with Crippen LogP contribution in [-0.2, 0) is 18.8 Å². The maximum absolute atomic E-state index is 12.8. The second-order valence-electron chi connectivity index (χ2n) is 4.83. The molecule has 2 aromatic carbocycles. The number of alkyl halides is 6. The van der Waals surface area contributed by atoms with Crippen LogP contribution in [0.3, 0.4) is 0 Å². The van der Waals surface area contributed by atoms with E-state index in [-0.39, 0.29) is 23.6 Å². The molecule has 0 saturated carbocycles. The van der Waals surface area contributed by atoms with Gasteiger partial charge in [0.05, 0.1) is 23.6 Å². The lowest BCUT2D eigenvalue weighted by atomic mass is 9.98. The zero-order valence-corrected chi connectivity index (χ0v) is 11.5. The minimum absolute atomic E-state index is 0.0908. The van der Waals surface area contributed by atoms with Gasteiger partial charge in [-0.25, -0.2) is 0 Å². The Morgan fingerprint density at radius 3 is 1.61 bits per heavy atom. The monoisotopic (exact) mass is 329 g/mol. The van der Waals surface area contributed by atoms with Crippen molar-refractivity contribution >= 4 is 0 Å². The fourth-order valence-electron chi connectivity index (χ4n) is 2.03. The smallest absolute Gasteiger partial charge is 0.198 e. The SMILES string of the molecule is N#CCc1ccc(-c2cc(C(F)(F)F)cc(C(F)(F)F)c2)cc1. The fourth-order valence-corrected chi connectivity index (χ4v) is 2.03. The van der Waals surface area contributed by atoms with Gasteiger partial charge in [0, 0.05) is 0 Å². The van der Waals surface area contributed by atoms with E-state index < -0.39 is 23.5 Å². The molecule has 0 amide bonds. The first-order valence-electron chi connectivity index (χ1n) is 6.37. The van der Waals surface area contributed by atoms with Gasteiger partial charge in [0.1, 0.15) is 0 Å². The van der Waals surface area contributed by atoms with Gasteiger partial charge in [0.25, 0.3) is 0 Å². The Hall–Kier alpha value is -2.49. The molecule has 2 rings (SSSR count). The minimum Gasteiger partial charge on any atom is -0.198 e. The van der Waals surface area contributed by atoms with Crippen LogP contribution in [0.15, 0.2) is 42.5 Å². The molecule has 0 heterocycles. The molecule has 0 radical (unpaired) electrons. The van der Waals surface area contributed by atoms with E-state index in [9.17, 15) is 26.3 Å². The Labute approximate surface area is 127 Å². The molecule has 1 nitrogen and oxygen atoms in total. The summed E-state index contributed by atoms with van der Waals surface area (Å²) in [5.74, 6) is 0. The van der Waals surface area contributed by atoms with Gasteiger partial charge < -0.3 is 0 Å². The molecule has 0 spiro atoms. The lowest BCUT2D eigenvalue weighted by Gasteiger charge is -2.14. The van der Waals surface area contributed by atoms with Crippen LogP contribution in [0.25, 0.3) is 11.1 Å². The highest BCUT2D eigenvalue weighted by molar-refractivity contribution is 5.66. The number of nitrogens with zero attached hydrogens (tertiary/aromatic N) is 1. The van der Waals surface area contributed by atoms with Crippen molar-refractivity contribution in [2.24, 2.45) is 0 Å². The van der Waals surface area contributed by atoms with Gasteiger partial charge in [-0.05, 0) is 34.9 Å². The molecule has 0 aromatic heterocycles. The highest BCUT2D eigenvalue weighted by atomic mass is 19.4. The molecule has 0 aliphatic rings. The van der Waals surface area contributed by atoms with Crippen molar-refractivity contribution in [2.75, 3.05) is 0 Å². The van der Waals surface area contributed by atoms with Crippen molar-refractivity contribution in [1.29, 1.82) is 5.26 Å². The first kappa shape index (κ1) is 16.9. The van der Waals surface area contributed by atoms with Crippen molar-refractivity contribution in [2.45, 2.75) is 18.8 Å². The summed E-state index contributed by atoms with van der Waals surface area (Å²) in [6.07, 6.45) is -9.65. The molecule has 7 heteroatoms. The predicted octanol–water partition coefficient (Wildman–Crippen LogP) is 5.46. The number of hydrogen-bond donors (Lipinski definition) is 0. The van der Waals surface area contributed by atoms with Crippen molar-refractivity contribution in [3.63, 3.8) is 0 Å². The number of halogens is 6. The van der Waals surface area contributed by atoms with E-state index in [2.05, 4.69) is 0 Å². The summed E-state index contributed by atoms with van der Waals surface area (Å²) < 4.78 is 76.9. The molecular formula is C16H9F6N. The van der Waals surface area contributed by atoms with Crippen LogP contribution < -0.4 is 0 Å². The first-order valence-corrected chi connectivity index (χ1v) is 6.37. The summed E-state index contributed by atoms with van der Waals surface area (Å²) in [5.41, 5.74) is -2.06. The van der Waals surface area contributed by atoms with E-state index in [0.29, 0.717) is 17.7 Å². The maximum Gasteiger partial charge on any atom is 0.416 e. The van der Waals surface area contributed by atoms with E-state index in [4.69, 9.17) is 5.26 Å². The Morgan fingerprint density at radius 1 is 0.739 bits per heavy atom. The molecule has 120 valence electrons. The molecule has 0 saturated heterocycles. The standard InChI is InChI=1S/C16H9F6N/c17-15(18,19)13-7-12(8-14(9-13)16(20,21)22)11-3-1-10(2-4-11)5-6-23/h1-4,7-9H,5H2. The second kappa shape index (κ2) is 5.95. The van der Waals surface area contributed by atoms with Gasteiger partial charge in [-0.1, -0.05) is 24.3 Å². The zero-order chi connectivity index (χ0) is 17.3. The van der Waals surface area contributed by atoms with Crippen LogP contribution in [0, 0.1) is 11.3 Å². The molecule has 0 aliphatic carbocycles. The third-order valence-electron chi connectivity index (χ3n) is 3.16. The van der Waals surface area contributed by atoms with E-state index in [1.54, 1.807) is 0 Å². The average molecular weight is 329 g/mol. The minimum atomic E-state index is -4.88. The van der Waals surface area contributed by atoms with Crippen LogP contribution in [0.4, 0.5) is 26.3 Å². The highest BCUT2D eigenvalue weighted by Crippen LogP contribution is 2.38. The van der Waals surface area contributed by atoms with E-state index in [1.165, 1.54) is 24.3 Å². The molecule has 2 aromatic rings. The summed E-state index contributed by atoms with van der Waals surface area (Å²) in [7, 11) is 0. The number of rotatable bonds is 2. The van der Waals surface area contributed by atoms with E-state index >= 15 is 0 Å². The van der Waals surface area contributed by atoms with Crippen molar-refractivity contribution < 1.29 is 26.3 Å². The summed E-state index contributed by atoms with van der Waals surface area (Å²) in [6, 6.07) is 9.11. The largest absolute Gasteiger partial charge is 0.416 e. The highest BCUT2D eigenvalue weighted by Gasteiger charge is 2.36. The molecule has 0 bridgehead atoms. The van der Waals surface area contributed by atoms with Crippen LogP contribution in [0.1, 0.15) is 16.7 Å². The van der Waals surface area contributed by atoms with Gasteiger partial charge in [-0.15, -0.1) is 0 Å². The van der Waals surface area contributed by atoms with Crippen molar-refractivity contribution in [3.05, 3.63) is 59.2 Å². The predicted molar refractivity (Wildman–Crippen MR) is 71.2 cm³/mol.